The number of hydrogen-bond acceptors (Lipinski definition) is 5. The van der Waals surface area contributed by atoms with Crippen molar-refractivity contribution in [2.24, 2.45) is 0 Å². The van der Waals surface area contributed by atoms with E-state index in [1.54, 1.807) is 17.4 Å². The molecular formula is C15H15N5OS. The molecule has 0 atom stereocenters. The maximum absolute atomic E-state index is 12.7. The van der Waals surface area contributed by atoms with Crippen LogP contribution in [0.4, 0.5) is 0 Å². The highest BCUT2D eigenvalue weighted by Gasteiger charge is 2.15. The van der Waals surface area contributed by atoms with Crippen molar-refractivity contribution in [3.05, 3.63) is 58.5 Å². The summed E-state index contributed by atoms with van der Waals surface area (Å²) in [5, 5.41) is 13.1. The van der Waals surface area contributed by atoms with Crippen molar-refractivity contribution >= 4 is 17.2 Å². The number of tetrazole rings is 1. The minimum absolute atomic E-state index is 0.00539. The van der Waals surface area contributed by atoms with Crippen molar-refractivity contribution < 1.29 is 4.79 Å². The van der Waals surface area contributed by atoms with Crippen LogP contribution in [0, 0.1) is 0 Å². The third kappa shape index (κ3) is 3.04. The summed E-state index contributed by atoms with van der Waals surface area (Å²) in [5.74, 6) is 0.00539. The summed E-state index contributed by atoms with van der Waals surface area (Å²) in [7, 11) is 0. The number of rotatable bonds is 5. The van der Waals surface area contributed by atoms with Gasteiger partial charge >= 0.3 is 0 Å². The average Bonchev–Trinajstić information content (AvgIpc) is 3.25. The summed E-state index contributed by atoms with van der Waals surface area (Å²) in [5.41, 5.74) is 1.40. The van der Waals surface area contributed by atoms with Gasteiger partial charge in [0, 0.05) is 17.0 Å². The highest BCUT2D eigenvalue weighted by Crippen LogP contribution is 2.16. The van der Waals surface area contributed by atoms with Crippen LogP contribution in [-0.2, 0) is 6.54 Å². The van der Waals surface area contributed by atoms with Crippen LogP contribution in [0.25, 0.3) is 5.69 Å². The maximum atomic E-state index is 12.7. The summed E-state index contributed by atoms with van der Waals surface area (Å²) in [6, 6.07) is 11.4. The summed E-state index contributed by atoms with van der Waals surface area (Å²) >= 11 is 1.66. The van der Waals surface area contributed by atoms with Gasteiger partial charge in [0.15, 0.2) is 0 Å². The van der Waals surface area contributed by atoms with Crippen LogP contribution < -0.4 is 0 Å². The predicted octanol–water partition coefficient (Wildman–Crippen LogP) is 2.39. The third-order valence-corrected chi connectivity index (χ3v) is 4.16. The van der Waals surface area contributed by atoms with Gasteiger partial charge < -0.3 is 4.90 Å². The van der Waals surface area contributed by atoms with E-state index in [1.807, 2.05) is 47.5 Å². The zero-order chi connectivity index (χ0) is 15.4. The van der Waals surface area contributed by atoms with Gasteiger partial charge in [-0.2, -0.15) is 0 Å². The molecule has 0 spiro atoms. The standard InChI is InChI=1S/C15H15N5OS/c1-2-19(10-14-7-4-8-22-14)15(21)12-5-3-6-13(9-12)20-11-16-17-18-20/h3-9,11H,2,10H2,1H3. The Morgan fingerprint density at radius 1 is 1.32 bits per heavy atom. The minimum atomic E-state index is 0.00539. The van der Waals surface area contributed by atoms with E-state index < -0.39 is 0 Å². The normalized spacial score (nSPS) is 10.6. The van der Waals surface area contributed by atoms with Crippen molar-refractivity contribution in [3.63, 3.8) is 0 Å². The second-order valence-electron chi connectivity index (χ2n) is 4.70. The number of benzene rings is 1. The SMILES string of the molecule is CCN(Cc1cccs1)C(=O)c1cccc(-n2cnnn2)c1. The van der Waals surface area contributed by atoms with E-state index in [2.05, 4.69) is 15.5 Å². The fourth-order valence-corrected chi connectivity index (χ4v) is 2.88. The van der Waals surface area contributed by atoms with Gasteiger partial charge in [0.25, 0.3) is 5.91 Å². The molecule has 3 rings (SSSR count). The monoisotopic (exact) mass is 313 g/mol. The summed E-state index contributed by atoms with van der Waals surface area (Å²) in [6.07, 6.45) is 1.51. The van der Waals surface area contributed by atoms with Crippen LogP contribution in [0.15, 0.2) is 48.1 Å². The van der Waals surface area contributed by atoms with Crippen molar-refractivity contribution in [2.75, 3.05) is 6.54 Å². The zero-order valence-corrected chi connectivity index (χ0v) is 12.9. The van der Waals surface area contributed by atoms with Crippen molar-refractivity contribution in [1.29, 1.82) is 0 Å². The van der Waals surface area contributed by atoms with E-state index in [1.165, 1.54) is 15.9 Å². The topological polar surface area (TPSA) is 63.9 Å². The number of amides is 1. The van der Waals surface area contributed by atoms with E-state index in [-0.39, 0.29) is 5.91 Å². The molecule has 1 amide bonds. The van der Waals surface area contributed by atoms with Gasteiger partial charge in [0.2, 0.25) is 0 Å². The molecule has 112 valence electrons. The van der Waals surface area contributed by atoms with Gasteiger partial charge in [0.1, 0.15) is 6.33 Å². The van der Waals surface area contributed by atoms with Gasteiger partial charge in [0.05, 0.1) is 12.2 Å². The molecule has 0 aliphatic rings. The molecule has 0 unspecified atom stereocenters. The molecule has 0 fully saturated rings. The number of nitrogens with zero attached hydrogens (tertiary/aromatic N) is 5. The fraction of sp³-hybridized carbons (Fsp3) is 0.200. The average molecular weight is 313 g/mol. The van der Waals surface area contributed by atoms with Gasteiger partial charge in [-0.1, -0.05) is 12.1 Å². The van der Waals surface area contributed by atoms with Crippen molar-refractivity contribution in [2.45, 2.75) is 13.5 Å². The Morgan fingerprint density at radius 3 is 2.91 bits per heavy atom. The second kappa shape index (κ2) is 6.48. The molecule has 1 aromatic carbocycles. The molecular weight excluding hydrogens is 298 g/mol. The molecule has 0 saturated carbocycles. The Hall–Kier alpha value is -2.54. The number of thiophene rings is 1. The second-order valence-corrected chi connectivity index (χ2v) is 5.74. The van der Waals surface area contributed by atoms with E-state index in [0.717, 1.165) is 5.69 Å². The molecule has 0 radical (unpaired) electrons. The Morgan fingerprint density at radius 2 is 2.23 bits per heavy atom. The lowest BCUT2D eigenvalue weighted by atomic mass is 10.1. The first-order chi connectivity index (χ1) is 10.8. The number of carbonyl (C=O) groups excluding carboxylic acids is 1. The lowest BCUT2D eigenvalue weighted by Crippen LogP contribution is -2.30. The number of hydrogen-bond donors (Lipinski definition) is 0. The number of carbonyl (C=O) groups is 1. The van der Waals surface area contributed by atoms with Crippen LogP contribution in [-0.4, -0.2) is 37.6 Å². The van der Waals surface area contributed by atoms with Crippen LogP contribution in [0.1, 0.15) is 22.2 Å². The van der Waals surface area contributed by atoms with Crippen LogP contribution in [0.2, 0.25) is 0 Å². The highest BCUT2D eigenvalue weighted by atomic mass is 32.1. The first-order valence-electron chi connectivity index (χ1n) is 6.93. The molecule has 2 heterocycles. The van der Waals surface area contributed by atoms with E-state index in [0.29, 0.717) is 18.7 Å². The van der Waals surface area contributed by atoms with Crippen LogP contribution >= 0.6 is 11.3 Å². The third-order valence-electron chi connectivity index (χ3n) is 3.30. The lowest BCUT2D eigenvalue weighted by Gasteiger charge is -2.20. The summed E-state index contributed by atoms with van der Waals surface area (Å²) < 4.78 is 1.53. The van der Waals surface area contributed by atoms with E-state index >= 15 is 0 Å². The molecule has 0 aliphatic heterocycles. The van der Waals surface area contributed by atoms with E-state index in [9.17, 15) is 4.79 Å². The largest absolute Gasteiger partial charge is 0.334 e. The van der Waals surface area contributed by atoms with Crippen molar-refractivity contribution in [3.8, 4) is 5.69 Å². The molecule has 0 saturated heterocycles. The minimum Gasteiger partial charge on any atom is -0.334 e. The Bertz CT molecular complexity index is 739. The quantitative estimate of drug-likeness (QED) is 0.725. The van der Waals surface area contributed by atoms with Crippen LogP contribution in [0.5, 0.6) is 0 Å². The molecule has 0 aliphatic carbocycles. The maximum Gasteiger partial charge on any atom is 0.254 e. The number of aromatic nitrogens is 4. The first-order valence-corrected chi connectivity index (χ1v) is 7.81. The fourth-order valence-electron chi connectivity index (χ4n) is 2.16. The predicted molar refractivity (Wildman–Crippen MR) is 83.9 cm³/mol. The highest BCUT2D eigenvalue weighted by molar-refractivity contribution is 7.09. The summed E-state index contributed by atoms with van der Waals surface area (Å²) in [4.78, 5) is 15.7. The van der Waals surface area contributed by atoms with Gasteiger partial charge in [-0.15, -0.1) is 16.4 Å². The van der Waals surface area contributed by atoms with Gasteiger partial charge in [-0.25, -0.2) is 4.68 Å². The Labute approximate surface area is 132 Å². The van der Waals surface area contributed by atoms with Crippen LogP contribution in [0.3, 0.4) is 0 Å². The molecule has 0 N–H and O–H groups in total. The lowest BCUT2D eigenvalue weighted by molar-refractivity contribution is 0.0754. The van der Waals surface area contributed by atoms with E-state index in [4.69, 9.17) is 0 Å². The molecule has 3 aromatic rings. The van der Waals surface area contributed by atoms with Gasteiger partial charge in [-0.3, -0.25) is 4.79 Å². The molecule has 2 aromatic heterocycles. The van der Waals surface area contributed by atoms with Gasteiger partial charge in [-0.05, 0) is 47.0 Å². The van der Waals surface area contributed by atoms with Crippen molar-refractivity contribution in [1.82, 2.24) is 25.1 Å². The molecule has 6 nitrogen and oxygen atoms in total. The Balaban J connectivity index is 1.83. The Kier molecular flexibility index (Phi) is 4.24. The first kappa shape index (κ1) is 14.4. The molecule has 22 heavy (non-hydrogen) atoms. The molecule has 7 heteroatoms. The smallest absolute Gasteiger partial charge is 0.254 e. The zero-order valence-electron chi connectivity index (χ0n) is 12.1. The molecule has 0 bridgehead atoms. The summed E-state index contributed by atoms with van der Waals surface area (Å²) in [6.45, 7) is 3.27.